The van der Waals surface area contributed by atoms with Crippen molar-refractivity contribution in [2.45, 2.75) is 31.4 Å². The van der Waals surface area contributed by atoms with E-state index in [1.807, 2.05) is 49.5 Å². The minimum absolute atomic E-state index is 0.548. The number of ether oxygens (including phenoxy) is 1. The van der Waals surface area contributed by atoms with Gasteiger partial charge in [0.25, 0.3) is 0 Å². The van der Waals surface area contributed by atoms with Crippen molar-refractivity contribution in [2.75, 3.05) is 0 Å². The predicted octanol–water partition coefficient (Wildman–Crippen LogP) is 6.41. The minimum Gasteiger partial charge on any atom is -0.489 e. The number of hydrogen-bond donors (Lipinski definition) is 0. The number of aryl methyl sites for hydroxylation is 2. The van der Waals surface area contributed by atoms with E-state index in [0.717, 1.165) is 38.1 Å². The SMILES string of the molecule is Cc1ccc(COc2ccc(/C=N\n3c(C)nnc3SCc3ccc(Br)cc3)cc2)cc1. The van der Waals surface area contributed by atoms with Gasteiger partial charge in [-0.3, -0.25) is 0 Å². The van der Waals surface area contributed by atoms with Gasteiger partial charge >= 0.3 is 0 Å². The van der Waals surface area contributed by atoms with Crippen LogP contribution in [-0.4, -0.2) is 21.1 Å². The largest absolute Gasteiger partial charge is 0.489 e. The van der Waals surface area contributed by atoms with Crippen LogP contribution in [0.5, 0.6) is 5.75 Å². The lowest BCUT2D eigenvalue weighted by Crippen LogP contribution is -1.97. The Bertz CT molecular complexity index is 1190. The van der Waals surface area contributed by atoms with E-state index in [4.69, 9.17) is 4.74 Å². The van der Waals surface area contributed by atoms with Crippen molar-refractivity contribution >= 4 is 33.9 Å². The van der Waals surface area contributed by atoms with Crippen molar-refractivity contribution in [1.82, 2.24) is 14.9 Å². The monoisotopic (exact) mass is 506 g/mol. The Morgan fingerprint density at radius 1 is 0.906 bits per heavy atom. The van der Waals surface area contributed by atoms with Gasteiger partial charge in [0.2, 0.25) is 5.16 Å². The molecule has 0 radical (unpaired) electrons. The summed E-state index contributed by atoms with van der Waals surface area (Å²) in [5.41, 5.74) is 4.59. The van der Waals surface area contributed by atoms with Gasteiger partial charge in [0.05, 0.1) is 6.21 Å². The topological polar surface area (TPSA) is 52.3 Å². The van der Waals surface area contributed by atoms with Gasteiger partial charge in [-0.25, -0.2) is 0 Å². The number of hydrogen-bond acceptors (Lipinski definition) is 5. The molecule has 1 heterocycles. The van der Waals surface area contributed by atoms with Gasteiger partial charge in [-0.2, -0.15) is 9.78 Å². The molecule has 0 unspecified atom stereocenters. The van der Waals surface area contributed by atoms with Gasteiger partial charge in [0.1, 0.15) is 12.4 Å². The highest BCUT2D eigenvalue weighted by Gasteiger charge is 2.09. The van der Waals surface area contributed by atoms with Crippen molar-refractivity contribution in [2.24, 2.45) is 5.10 Å². The molecule has 0 spiro atoms. The lowest BCUT2D eigenvalue weighted by Gasteiger charge is -2.07. The van der Waals surface area contributed by atoms with E-state index in [2.05, 4.69) is 74.6 Å². The first-order valence-corrected chi connectivity index (χ1v) is 12.0. The Labute approximate surface area is 200 Å². The summed E-state index contributed by atoms with van der Waals surface area (Å²) in [4.78, 5) is 0. The maximum Gasteiger partial charge on any atom is 0.212 e. The molecule has 1 aromatic heterocycles. The lowest BCUT2D eigenvalue weighted by molar-refractivity contribution is 0.306. The Morgan fingerprint density at radius 2 is 1.59 bits per heavy atom. The first-order chi connectivity index (χ1) is 15.6. The van der Waals surface area contributed by atoms with Crippen LogP contribution in [0.4, 0.5) is 0 Å². The molecule has 4 aromatic rings. The zero-order valence-corrected chi connectivity index (χ0v) is 20.3. The molecular formula is C25H23BrN4OS. The van der Waals surface area contributed by atoms with Gasteiger partial charge in [-0.1, -0.05) is 69.7 Å². The summed E-state index contributed by atoms with van der Waals surface area (Å²) >= 11 is 5.07. The second-order valence-electron chi connectivity index (χ2n) is 7.34. The van der Waals surface area contributed by atoms with E-state index in [0.29, 0.717) is 6.61 Å². The van der Waals surface area contributed by atoms with Crippen LogP contribution in [0.1, 0.15) is 28.1 Å². The average Bonchev–Trinajstić information content (AvgIpc) is 3.17. The van der Waals surface area contributed by atoms with Gasteiger partial charge < -0.3 is 4.74 Å². The number of rotatable bonds is 8. The van der Waals surface area contributed by atoms with Crippen LogP contribution in [0.3, 0.4) is 0 Å². The lowest BCUT2D eigenvalue weighted by atomic mass is 10.2. The third-order valence-corrected chi connectivity index (χ3v) is 6.30. The van der Waals surface area contributed by atoms with Gasteiger partial charge in [0.15, 0.2) is 5.82 Å². The van der Waals surface area contributed by atoms with Crippen LogP contribution in [0.2, 0.25) is 0 Å². The van der Waals surface area contributed by atoms with Crippen molar-refractivity contribution in [3.05, 3.63) is 105 Å². The first-order valence-electron chi connectivity index (χ1n) is 10.2. The third kappa shape index (κ3) is 6.08. The molecule has 0 aliphatic carbocycles. The molecule has 5 nitrogen and oxygen atoms in total. The Kier molecular flexibility index (Phi) is 7.39. The van der Waals surface area contributed by atoms with Crippen LogP contribution in [0.15, 0.2) is 87.5 Å². The van der Waals surface area contributed by atoms with Crippen LogP contribution in [0, 0.1) is 13.8 Å². The van der Waals surface area contributed by atoms with Crippen molar-refractivity contribution in [3.8, 4) is 5.75 Å². The molecule has 0 amide bonds. The molecule has 0 bridgehead atoms. The zero-order chi connectivity index (χ0) is 22.3. The molecule has 7 heteroatoms. The molecule has 0 fully saturated rings. The first kappa shape index (κ1) is 22.3. The fourth-order valence-electron chi connectivity index (χ4n) is 2.92. The quantitative estimate of drug-likeness (QED) is 0.204. The van der Waals surface area contributed by atoms with Crippen molar-refractivity contribution < 1.29 is 4.74 Å². The van der Waals surface area contributed by atoms with Crippen LogP contribution in [-0.2, 0) is 12.4 Å². The van der Waals surface area contributed by atoms with Crippen molar-refractivity contribution in [3.63, 3.8) is 0 Å². The van der Waals surface area contributed by atoms with E-state index in [1.165, 1.54) is 11.1 Å². The number of halogens is 1. The molecule has 0 aliphatic rings. The highest BCUT2D eigenvalue weighted by Crippen LogP contribution is 2.23. The molecule has 32 heavy (non-hydrogen) atoms. The maximum absolute atomic E-state index is 5.88. The fraction of sp³-hybridized carbons (Fsp3) is 0.160. The van der Waals surface area contributed by atoms with Crippen LogP contribution in [0.25, 0.3) is 0 Å². The normalized spacial score (nSPS) is 11.2. The molecule has 3 aromatic carbocycles. The van der Waals surface area contributed by atoms with Crippen molar-refractivity contribution in [1.29, 1.82) is 0 Å². The highest BCUT2D eigenvalue weighted by molar-refractivity contribution is 9.10. The average molecular weight is 507 g/mol. The summed E-state index contributed by atoms with van der Waals surface area (Å²) in [5, 5.41) is 13.8. The van der Waals surface area contributed by atoms with Gasteiger partial charge in [-0.05, 0) is 66.9 Å². The summed E-state index contributed by atoms with van der Waals surface area (Å²) < 4.78 is 8.72. The maximum atomic E-state index is 5.88. The van der Waals surface area contributed by atoms with E-state index >= 15 is 0 Å². The fourth-order valence-corrected chi connectivity index (χ4v) is 4.07. The second kappa shape index (κ2) is 10.6. The molecule has 0 saturated carbocycles. The van der Waals surface area contributed by atoms with Gasteiger partial charge in [0, 0.05) is 10.2 Å². The van der Waals surface area contributed by atoms with Crippen LogP contribution < -0.4 is 4.74 Å². The standard InChI is InChI=1S/C25H23BrN4OS/c1-18-3-5-21(6-4-18)16-31-24-13-9-20(10-14-24)15-27-30-19(2)28-29-25(30)32-17-22-7-11-23(26)12-8-22/h3-15H,16-17H2,1-2H3/b27-15-. The summed E-state index contributed by atoms with van der Waals surface area (Å²) in [6.45, 7) is 4.53. The molecule has 4 rings (SSSR count). The van der Waals surface area contributed by atoms with Gasteiger partial charge in [-0.15, -0.1) is 10.2 Å². The van der Waals surface area contributed by atoms with E-state index < -0.39 is 0 Å². The smallest absolute Gasteiger partial charge is 0.212 e. The molecular weight excluding hydrogens is 484 g/mol. The summed E-state index contributed by atoms with van der Waals surface area (Å²) in [6.07, 6.45) is 1.81. The molecule has 0 atom stereocenters. The summed E-state index contributed by atoms with van der Waals surface area (Å²) in [7, 11) is 0. The molecule has 162 valence electrons. The molecule has 0 aliphatic heterocycles. The highest BCUT2D eigenvalue weighted by atomic mass is 79.9. The van der Waals surface area contributed by atoms with E-state index in [-0.39, 0.29) is 0 Å². The summed E-state index contributed by atoms with van der Waals surface area (Å²) in [6, 6.07) is 24.5. The molecule has 0 saturated heterocycles. The molecule has 0 N–H and O–H groups in total. The Hall–Kier alpha value is -2.90. The minimum atomic E-state index is 0.548. The second-order valence-corrected chi connectivity index (χ2v) is 9.20. The van der Waals surface area contributed by atoms with E-state index in [9.17, 15) is 0 Å². The third-order valence-electron chi connectivity index (χ3n) is 4.78. The Balaban J connectivity index is 1.37. The van der Waals surface area contributed by atoms with E-state index in [1.54, 1.807) is 16.4 Å². The number of aromatic nitrogens is 3. The number of benzene rings is 3. The number of thioether (sulfide) groups is 1. The predicted molar refractivity (Wildman–Crippen MR) is 133 cm³/mol. The summed E-state index contributed by atoms with van der Waals surface area (Å²) in [5.74, 6) is 2.38. The van der Waals surface area contributed by atoms with Crippen LogP contribution >= 0.6 is 27.7 Å². The Morgan fingerprint density at radius 3 is 2.31 bits per heavy atom. The number of nitrogens with zero attached hydrogens (tertiary/aromatic N) is 4. The zero-order valence-electron chi connectivity index (χ0n) is 17.9.